The molecule has 3 aromatic rings. The summed E-state index contributed by atoms with van der Waals surface area (Å²) >= 11 is 7.75. The summed E-state index contributed by atoms with van der Waals surface area (Å²) in [4.78, 5) is 16.6. The van der Waals surface area contributed by atoms with Gasteiger partial charge in [0.2, 0.25) is 0 Å². The Hall–Kier alpha value is -1.93. The van der Waals surface area contributed by atoms with Crippen LogP contribution in [0.5, 0.6) is 0 Å². The lowest BCUT2D eigenvalue weighted by Crippen LogP contribution is -2.35. The molecule has 0 bridgehead atoms. The molecule has 0 saturated carbocycles. The first kappa shape index (κ1) is 22.8. The summed E-state index contributed by atoms with van der Waals surface area (Å²) in [5, 5.41) is 1.53. The molecule has 174 valence electrons. The fourth-order valence-electron chi connectivity index (χ4n) is 4.79. The highest BCUT2D eigenvalue weighted by atomic mass is 35.5. The van der Waals surface area contributed by atoms with E-state index in [-0.39, 0.29) is 0 Å². The van der Waals surface area contributed by atoms with E-state index < -0.39 is 0 Å². The van der Waals surface area contributed by atoms with Crippen molar-refractivity contribution in [1.29, 1.82) is 0 Å². The molecule has 2 unspecified atom stereocenters. The van der Waals surface area contributed by atoms with Crippen molar-refractivity contribution in [2.45, 2.75) is 56.3 Å². The summed E-state index contributed by atoms with van der Waals surface area (Å²) in [6, 6.07) is 8.11. The number of pyridine rings is 1. The SMILES string of the molecule is Cc1cnc(SCC2CCCO2)nc1C1CCCN(Cc2cccn2-c2ccc(Cl)cn2)C1. The van der Waals surface area contributed by atoms with Crippen molar-refractivity contribution < 1.29 is 4.74 Å². The van der Waals surface area contributed by atoms with Gasteiger partial charge in [-0.25, -0.2) is 15.0 Å². The molecular weight excluding hydrogens is 454 g/mol. The van der Waals surface area contributed by atoms with Gasteiger partial charge in [0.05, 0.1) is 16.8 Å². The Morgan fingerprint density at radius 2 is 2.09 bits per heavy atom. The van der Waals surface area contributed by atoms with Crippen LogP contribution in [0.15, 0.2) is 48.0 Å². The van der Waals surface area contributed by atoms with Crippen LogP contribution in [0.4, 0.5) is 0 Å². The van der Waals surface area contributed by atoms with Crippen molar-refractivity contribution in [3.8, 4) is 5.82 Å². The Labute approximate surface area is 204 Å². The van der Waals surface area contributed by atoms with E-state index in [1.165, 1.54) is 36.2 Å². The lowest BCUT2D eigenvalue weighted by Gasteiger charge is -2.33. The highest BCUT2D eigenvalue weighted by Gasteiger charge is 2.25. The molecule has 0 spiro atoms. The van der Waals surface area contributed by atoms with E-state index in [9.17, 15) is 0 Å². The van der Waals surface area contributed by atoms with Gasteiger partial charge in [-0.3, -0.25) is 4.90 Å². The lowest BCUT2D eigenvalue weighted by molar-refractivity contribution is 0.129. The standard InChI is InChI=1S/C25H30ClN5OS/c1-18-13-28-25(33-17-22-7-4-12-32-22)29-24(18)19-5-2-10-30(15-19)16-21-6-3-11-31(21)23-9-8-20(26)14-27-23/h3,6,8-9,11,13-14,19,22H,2,4-5,7,10,12,15-17H2,1H3. The van der Waals surface area contributed by atoms with E-state index >= 15 is 0 Å². The third-order valence-electron chi connectivity index (χ3n) is 6.48. The first-order chi connectivity index (χ1) is 16.2. The zero-order valence-electron chi connectivity index (χ0n) is 19.0. The Bertz CT molecular complexity index is 1070. The topological polar surface area (TPSA) is 56.1 Å². The lowest BCUT2D eigenvalue weighted by atomic mass is 9.92. The first-order valence-electron chi connectivity index (χ1n) is 11.7. The molecule has 3 aromatic heterocycles. The second-order valence-electron chi connectivity index (χ2n) is 8.95. The monoisotopic (exact) mass is 483 g/mol. The van der Waals surface area contributed by atoms with Crippen LogP contribution in [0.1, 0.15) is 48.6 Å². The number of nitrogens with zero attached hydrogens (tertiary/aromatic N) is 5. The quantitative estimate of drug-likeness (QED) is 0.337. The van der Waals surface area contributed by atoms with Crippen LogP contribution in [0.3, 0.4) is 0 Å². The summed E-state index contributed by atoms with van der Waals surface area (Å²) < 4.78 is 7.91. The van der Waals surface area contributed by atoms with Crippen LogP contribution >= 0.6 is 23.4 Å². The molecule has 2 aliphatic heterocycles. The molecule has 2 saturated heterocycles. The van der Waals surface area contributed by atoms with Gasteiger partial charge in [0.1, 0.15) is 5.82 Å². The number of thioether (sulfide) groups is 1. The van der Waals surface area contributed by atoms with E-state index in [0.717, 1.165) is 49.4 Å². The second kappa shape index (κ2) is 10.6. The average Bonchev–Trinajstić information content (AvgIpc) is 3.52. The molecule has 2 aliphatic rings. The van der Waals surface area contributed by atoms with Gasteiger partial charge in [0.15, 0.2) is 5.16 Å². The highest BCUT2D eigenvalue weighted by Crippen LogP contribution is 2.30. The van der Waals surface area contributed by atoms with Crippen molar-refractivity contribution in [1.82, 2.24) is 24.4 Å². The molecule has 33 heavy (non-hydrogen) atoms. The molecule has 5 rings (SSSR count). The summed E-state index contributed by atoms with van der Waals surface area (Å²) in [5.41, 5.74) is 3.63. The van der Waals surface area contributed by atoms with Crippen molar-refractivity contribution in [2.75, 3.05) is 25.4 Å². The Kier molecular flexibility index (Phi) is 7.30. The Balaban J connectivity index is 1.26. The van der Waals surface area contributed by atoms with Gasteiger partial charge in [-0.05, 0) is 69.0 Å². The van der Waals surface area contributed by atoms with Gasteiger partial charge < -0.3 is 9.30 Å². The minimum Gasteiger partial charge on any atom is -0.377 e. The van der Waals surface area contributed by atoms with Crippen molar-refractivity contribution in [2.24, 2.45) is 0 Å². The number of hydrogen-bond donors (Lipinski definition) is 0. The summed E-state index contributed by atoms with van der Waals surface area (Å²) in [6.45, 7) is 6.02. The van der Waals surface area contributed by atoms with Gasteiger partial charge in [0.25, 0.3) is 0 Å². The van der Waals surface area contributed by atoms with E-state index in [4.69, 9.17) is 21.3 Å². The summed E-state index contributed by atoms with van der Waals surface area (Å²) in [5.74, 6) is 2.27. The van der Waals surface area contributed by atoms with Crippen LogP contribution < -0.4 is 0 Å². The first-order valence-corrected chi connectivity index (χ1v) is 13.1. The smallest absolute Gasteiger partial charge is 0.187 e. The van der Waals surface area contributed by atoms with Crippen LogP contribution in [0, 0.1) is 6.92 Å². The average molecular weight is 484 g/mol. The van der Waals surface area contributed by atoms with E-state index in [0.29, 0.717) is 17.0 Å². The van der Waals surface area contributed by atoms with Crippen LogP contribution in [-0.4, -0.2) is 56.0 Å². The number of piperidine rings is 1. The Morgan fingerprint density at radius 3 is 2.91 bits per heavy atom. The zero-order valence-corrected chi connectivity index (χ0v) is 20.6. The Morgan fingerprint density at radius 1 is 1.15 bits per heavy atom. The third-order valence-corrected chi connectivity index (χ3v) is 7.70. The van der Waals surface area contributed by atoms with Gasteiger partial charge in [-0.15, -0.1) is 0 Å². The van der Waals surface area contributed by atoms with Gasteiger partial charge in [-0.1, -0.05) is 23.4 Å². The third kappa shape index (κ3) is 5.60. The van der Waals surface area contributed by atoms with E-state index in [2.05, 4.69) is 44.7 Å². The van der Waals surface area contributed by atoms with Gasteiger partial charge >= 0.3 is 0 Å². The number of halogens is 1. The molecule has 8 heteroatoms. The number of rotatable bonds is 7. The molecule has 0 amide bonds. The summed E-state index contributed by atoms with van der Waals surface area (Å²) in [6.07, 6.45) is 10.8. The van der Waals surface area contributed by atoms with Crippen LogP contribution in [0.2, 0.25) is 5.02 Å². The maximum atomic E-state index is 6.02. The largest absolute Gasteiger partial charge is 0.377 e. The number of likely N-dealkylation sites (tertiary alicyclic amines) is 1. The van der Waals surface area contributed by atoms with E-state index in [1.807, 2.05) is 18.3 Å². The molecule has 2 atom stereocenters. The summed E-state index contributed by atoms with van der Waals surface area (Å²) in [7, 11) is 0. The fraction of sp³-hybridized carbons (Fsp3) is 0.480. The highest BCUT2D eigenvalue weighted by molar-refractivity contribution is 7.99. The maximum absolute atomic E-state index is 6.02. The van der Waals surface area contributed by atoms with E-state index in [1.54, 1.807) is 18.0 Å². The number of ether oxygens (including phenoxy) is 1. The number of aryl methyl sites for hydroxylation is 1. The molecule has 0 aliphatic carbocycles. The van der Waals surface area contributed by atoms with Crippen molar-refractivity contribution >= 4 is 23.4 Å². The molecule has 6 nitrogen and oxygen atoms in total. The normalized spacial score (nSPS) is 21.5. The van der Waals surface area contributed by atoms with Gasteiger partial charge in [-0.2, -0.15) is 0 Å². The van der Waals surface area contributed by atoms with Crippen LogP contribution in [-0.2, 0) is 11.3 Å². The van der Waals surface area contributed by atoms with Crippen LogP contribution in [0.25, 0.3) is 5.82 Å². The molecule has 0 aromatic carbocycles. The predicted molar refractivity (Wildman–Crippen MR) is 132 cm³/mol. The minimum absolute atomic E-state index is 0.347. The fourth-order valence-corrected chi connectivity index (χ4v) is 5.79. The molecule has 0 N–H and O–H groups in total. The van der Waals surface area contributed by atoms with Gasteiger partial charge in [0, 0.05) is 55.7 Å². The molecule has 0 radical (unpaired) electrons. The molecule has 2 fully saturated rings. The molecule has 5 heterocycles. The second-order valence-corrected chi connectivity index (χ2v) is 10.4. The molecular formula is C25H30ClN5OS. The number of hydrogen-bond acceptors (Lipinski definition) is 6. The zero-order chi connectivity index (χ0) is 22.6. The number of aromatic nitrogens is 4. The van der Waals surface area contributed by atoms with Crippen molar-refractivity contribution in [3.63, 3.8) is 0 Å². The van der Waals surface area contributed by atoms with Crippen molar-refractivity contribution in [3.05, 3.63) is 64.8 Å². The minimum atomic E-state index is 0.347. The predicted octanol–water partition coefficient (Wildman–Crippen LogP) is 5.27. The maximum Gasteiger partial charge on any atom is 0.187 e.